The lowest BCUT2D eigenvalue weighted by molar-refractivity contribution is -0.104. The molecule has 0 amide bonds. The molecule has 0 radical (unpaired) electrons. The second kappa shape index (κ2) is 12.7. The zero-order valence-corrected chi connectivity index (χ0v) is 12.3. The lowest BCUT2D eigenvalue weighted by Gasteiger charge is -2.04. The quantitative estimate of drug-likeness (QED) is 0.310. The van der Waals surface area contributed by atoms with Gasteiger partial charge in [0.05, 0.1) is 0 Å². The topological polar surface area (TPSA) is 43.1 Å². The summed E-state index contributed by atoms with van der Waals surface area (Å²) in [6.07, 6.45) is 15.0. The van der Waals surface area contributed by atoms with Crippen LogP contribution in [0.5, 0.6) is 0 Å². The molecular formula is C16H31NO. The van der Waals surface area contributed by atoms with E-state index >= 15 is 0 Å². The molecule has 0 aliphatic rings. The van der Waals surface area contributed by atoms with E-state index in [-0.39, 0.29) is 0 Å². The van der Waals surface area contributed by atoms with E-state index < -0.39 is 0 Å². The second-order valence-corrected chi connectivity index (χ2v) is 5.26. The third-order valence-corrected chi connectivity index (χ3v) is 3.48. The summed E-state index contributed by atoms with van der Waals surface area (Å²) < 4.78 is 0. The molecule has 0 saturated carbocycles. The number of carbonyl (C=O) groups excluding carboxylic acids is 1. The standard InChI is InChI=1S/C16H31NO/c1-3-4-5-6-7-8-9-10-11-12-13-16(17)15(2)14-18/h14H,3-13,17H2,1-2H3. The molecule has 0 saturated heterocycles. The molecular weight excluding hydrogens is 222 g/mol. The molecule has 0 aliphatic carbocycles. The van der Waals surface area contributed by atoms with Crippen LogP contribution < -0.4 is 5.73 Å². The van der Waals surface area contributed by atoms with Crippen molar-refractivity contribution in [2.24, 2.45) is 5.73 Å². The predicted octanol–water partition coefficient (Wildman–Crippen LogP) is 4.73. The van der Waals surface area contributed by atoms with Crippen LogP contribution in [0.1, 0.15) is 84.5 Å². The monoisotopic (exact) mass is 253 g/mol. The van der Waals surface area contributed by atoms with Gasteiger partial charge in [-0.15, -0.1) is 0 Å². The summed E-state index contributed by atoms with van der Waals surface area (Å²) in [5.74, 6) is 0. The SMILES string of the molecule is CCCCCCCCCCCCC(N)=C(C)C=O. The Hall–Kier alpha value is -0.790. The number of unbranched alkanes of at least 4 members (excludes halogenated alkanes) is 9. The van der Waals surface area contributed by atoms with Crippen molar-refractivity contribution in [1.29, 1.82) is 0 Å². The Balaban J connectivity index is 3.24. The Kier molecular flexibility index (Phi) is 12.1. The highest BCUT2D eigenvalue weighted by Gasteiger charge is 1.97. The Morgan fingerprint density at radius 2 is 1.33 bits per heavy atom. The van der Waals surface area contributed by atoms with E-state index in [1.165, 1.54) is 57.8 Å². The summed E-state index contributed by atoms with van der Waals surface area (Å²) in [5.41, 5.74) is 7.25. The minimum absolute atomic E-state index is 0.700. The molecule has 2 nitrogen and oxygen atoms in total. The van der Waals surface area contributed by atoms with Gasteiger partial charge in [0.1, 0.15) is 6.29 Å². The number of hydrogen-bond donors (Lipinski definition) is 1. The smallest absolute Gasteiger partial charge is 0.147 e. The second-order valence-electron chi connectivity index (χ2n) is 5.26. The molecule has 0 atom stereocenters. The van der Waals surface area contributed by atoms with Crippen molar-refractivity contribution in [3.8, 4) is 0 Å². The van der Waals surface area contributed by atoms with Crippen LogP contribution in [-0.4, -0.2) is 6.29 Å². The molecule has 0 aliphatic heterocycles. The number of allylic oxidation sites excluding steroid dienone is 2. The first-order valence-electron chi connectivity index (χ1n) is 7.62. The van der Waals surface area contributed by atoms with Gasteiger partial charge < -0.3 is 5.73 Å². The maximum absolute atomic E-state index is 10.5. The fraction of sp³-hybridized carbons (Fsp3) is 0.812. The lowest BCUT2D eigenvalue weighted by Crippen LogP contribution is -2.01. The average molecular weight is 253 g/mol. The average Bonchev–Trinajstić information content (AvgIpc) is 2.39. The fourth-order valence-electron chi connectivity index (χ4n) is 2.08. The highest BCUT2D eigenvalue weighted by atomic mass is 16.1. The van der Waals surface area contributed by atoms with Gasteiger partial charge in [-0.05, 0) is 19.8 Å². The first-order valence-corrected chi connectivity index (χ1v) is 7.62. The van der Waals surface area contributed by atoms with Crippen molar-refractivity contribution >= 4 is 6.29 Å². The molecule has 0 aromatic rings. The zero-order valence-electron chi connectivity index (χ0n) is 12.3. The van der Waals surface area contributed by atoms with Crippen molar-refractivity contribution in [1.82, 2.24) is 0 Å². The molecule has 0 aromatic carbocycles. The van der Waals surface area contributed by atoms with Crippen molar-refractivity contribution in [2.75, 3.05) is 0 Å². The number of aldehydes is 1. The van der Waals surface area contributed by atoms with E-state index in [1.807, 2.05) is 0 Å². The van der Waals surface area contributed by atoms with Gasteiger partial charge in [-0.3, -0.25) is 4.79 Å². The molecule has 0 unspecified atom stereocenters. The number of carbonyl (C=O) groups is 1. The van der Waals surface area contributed by atoms with E-state index in [0.717, 1.165) is 24.8 Å². The Labute approximate surface area is 113 Å². The molecule has 0 bridgehead atoms. The van der Waals surface area contributed by atoms with Crippen molar-refractivity contribution in [3.05, 3.63) is 11.3 Å². The minimum Gasteiger partial charge on any atom is -0.402 e. The van der Waals surface area contributed by atoms with E-state index in [2.05, 4.69) is 6.92 Å². The highest BCUT2D eigenvalue weighted by molar-refractivity contribution is 5.73. The maximum Gasteiger partial charge on any atom is 0.147 e. The summed E-state index contributed by atoms with van der Waals surface area (Å²) in [4.78, 5) is 10.5. The molecule has 0 fully saturated rings. The molecule has 0 rings (SSSR count). The van der Waals surface area contributed by atoms with Crippen LogP contribution in [0, 0.1) is 0 Å². The van der Waals surface area contributed by atoms with Crippen LogP contribution in [0.4, 0.5) is 0 Å². The molecule has 106 valence electrons. The van der Waals surface area contributed by atoms with Crippen molar-refractivity contribution in [3.63, 3.8) is 0 Å². The number of nitrogens with two attached hydrogens (primary N) is 1. The van der Waals surface area contributed by atoms with Gasteiger partial charge in [0, 0.05) is 11.3 Å². The number of hydrogen-bond acceptors (Lipinski definition) is 2. The van der Waals surface area contributed by atoms with Gasteiger partial charge in [-0.1, -0.05) is 64.7 Å². The molecule has 0 heterocycles. The highest BCUT2D eigenvalue weighted by Crippen LogP contribution is 2.12. The Bertz CT molecular complexity index is 233. The minimum atomic E-state index is 0.700. The zero-order chi connectivity index (χ0) is 13.6. The van der Waals surface area contributed by atoms with Crippen LogP contribution >= 0.6 is 0 Å². The third-order valence-electron chi connectivity index (χ3n) is 3.48. The van der Waals surface area contributed by atoms with E-state index in [4.69, 9.17) is 5.73 Å². The first kappa shape index (κ1) is 17.2. The van der Waals surface area contributed by atoms with Crippen molar-refractivity contribution < 1.29 is 4.79 Å². The molecule has 0 spiro atoms. The third kappa shape index (κ3) is 10.4. The van der Waals surface area contributed by atoms with Gasteiger partial charge in [0.15, 0.2) is 0 Å². The summed E-state index contributed by atoms with van der Waals surface area (Å²) in [6, 6.07) is 0. The Morgan fingerprint density at radius 1 is 0.889 bits per heavy atom. The molecule has 2 N–H and O–H groups in total. The van der Waals surface area contributed by atoms with Gasteiger partial charge in [-0.2, -0.15) is 0 Å². The van der Waals surface area contributed by atoms with Gasteiger partial charge in [-0.25, -0.2) is 0 Å². The van der Waals surface area contributed by atoms with E-state index in [1.54, 1.807) is 6.92 Å². The summed E-state index contributed by atoms with van der Waals surface area (Å²) >= 11 is 0. The van der Waals surface area contributed by atoms with Crippen LogP contribution in [0.25, 0.3) is 0 Å². The van der Waals surface area contributed by atoms with E-state index in [9.17, 15) is 4.79 Å². The summed E-state index contributed by atoms with van der Waals surface area (Å²) in [6.45, 7) is 4.05. The lowest BCUT2D eigenvalue weighted by atomic mass is 10.0. The Morgan fingerprint density at radius 3 is 1.78 bits per heavy atom. The maximum atomic E-state index is 10.5. The molecule has 2 heteroatoms. The largest absolute Gasteiger partial charge is 0.402 e. The van der Waals surface area contributed by atoms with Crippen LogP contribution in [0.3, 0.4) is 0 Å². The summed E-state index contributed by atoms with van der Waals surface area (Å²) in [5, 5.41) is 0. The summed E-state index contributed by atoms with van der Waals surface area (Å²) in [7, 11) is 0. The fourth-order valence-corrected chi connectivity index (χ4v) is 2.08. The normalized spacial score (nSPS) is 12.3. The van der Waals surface area contributed by atoms with Gasteiger partial charge >= 0.3 is 0 Å². The van der Waals surface area contributed by atoms with E-state index in [0.29, 0.717) is 5.57 Å². The molecule has 18 heavy (non-hydrogen) atoms. The number of rotatable bonds is 12. The van der Waals surface area contributed by atoms with Crippen LogP contribution in [-0.2, 0) is 4.79 Å². The van der Waals surface area contributed by atoms with Gasteiger partial charge in [0.25, 0.3) is 0 Å². The van der Waals surface area contributed by atoms with Crippen LogP contribution in [0.15, 0.2) is 11.3 Å². The predicted molar refractivity (Wildman–Crippen MR) is 79.4 cm³/mol. The molecule has 0 aromatic heterocycles. The van der Waals surface area contributed by atoms with Gasteiger partial charge in [0.2, 0.25) is 0 Å². The first-order chi connectivity index (χ1) is 8.72. The van der Waals surface area contributed by atoms with Crippen molar-refractivity contribution in [2.45, 2.75) is 84.5 Å². The van der Waals surface area contributed by atoms with Crippen LogP contribution in [0.2, 0.25) is 0 Å².